The second-order valence-corrected chi connectivity index (χ2v) is 8.53. The molecule has 3 aromatic carbocycles. The molecule has 0 aliphatic carbocycles. The topological polar surface area (TPSA) is 50.5 Å². The van der Waals surface area contributed by atoms with Crippen LogP contribution in [-0.4, -0.2) is 10.8 Å². The third-order valence-corrected chi connectivity index (χ3v) is 5.70. The minimum Gasteiger partial charge on any atom is -0.464 e. The Balaban J connectivity index is 1.80. The van der Waals surface area contributed by atoms with Gasteiger partial charge in [0, 0.05) is 12.1 Å². The molecule has 0 spiro atoms. The molecule has 0 radical (unpaired) electrons. The molecule has 37 heavy (non-hydrogen) atoms. The third kappa shape index (κ3) is 5.84. The molecule has 1 amide bonds. The highest BCUT2D eigenvalue weighted by atomic mass is 19.4. The van der Waals surface area contributed by atoms with E-state index in [0.29, 0.717) is 23.3 Å². The van der Waals surface area contributed by atoms with Crippen molar-refractivity contribution in [1.82, 2.24) is 4.90 Å². The highest BCUT2D eigenvalue weighted by molar-refractivity contribution is 5.94. The van der Waals surface area contributed by atoms with Gasteiger partial charge < -0.3 is 9.32 Å². The Hall–Kier alpha value is -4.08. The number of hydrogen-bond acceptors (Lipinski definition) is 3. The molecule has 10 heteroatoms. The average molecular weight is 519 g/mol. The van der Waals surface area contributed by atoms with Crippen LogP contribution in [0.1, 0.15) is 38.2 Å². The minimum atomic E-state index is -5.11. The monoisotopic (exact) mass is 519 g/mol. The van der Waals surface area contributed by atoms with Crippen LogP contribution in [0.3, 0.4) is 0 Å². The summed E-state index contributed by atoms with van der Waals surface area (Å²) in [6.07, 6.45) is -9.09. The lowest BCUT2D eigenvalue weighted by atomic mass is 10.0. The van der Waals surface area contributed by atoms with E-state index in [1.807, 2.05) is 0 Å². The SMILES string of the molecule is Cc1ccc2occ(CN(Cc3ccccc3)C(=O)c3cc(C(F)(F)F)cc(C(F)(F)F)c3)c(=O)c2c1. The van der Waals surface area contributed by atoms with Crippen LogP contribution in [0.25, 0.3) is 11.0 Å². The second kappa shape index (κ2) is 9.76. The first-order valence-electron chi connectivity index (χ1n) is 11.0. The number of hydrogen-bond donors (Lipinski definition) is 0. The van der Waals surface area contributed by atoms with Gasteiger partial charge in [-0.3, -0.25) is 9.59 Å². The van der Waals surface area contributed by atoms with Crippen molar-refractivity contribution in [2.45, 2.75) is 32.4 Å². The van der Waals surface area contributed by atoms with Crippen molar-refractivity contribution < 1.29 is 35.6 Å². The van der Waals surface area contributed by atoms with Crippen LogP contribution in [0.2, 0.25) is 0 Å². The first kappa shape index (κ1) is 26.0. The molecule has 0 aliphatic heterocycles. The Labute approximate surface area is 206 Å². The van der Waals surface area contributed by atoms with E-state index in [4.69, 9.17) is 4.42 Å². The lowest BCUT2D eigenvalue weighted by Gasteiger charge is -2.24. The zero-order valence-corrected chi connectivity index (χ0v) is 19.3. The molecule has 0 atom stereocenters. The number of carbonyl (C=O) groups excluding carboxylic acids is 1. The van der Waals surface area contributed by atoms with E-state index in [0.717, 1.165) is 16.7 Å². The van der Waals surface area contributed by atoms with Crippen molar-refractivity contribution >= 4 is 16.9 Å². The smallest absolute Gasteiger partial charge is 0.416 e. The number of carbonyl (C=O) groups is 1. The highest BCUT2D eigenvalue weighted by Crippen LogP contribution is 2.36. The zero-order chi connectivity index (χ0) is 27.0. The number of nitrogens with zero attached hydrogens (tertiary/aromatic N) is 1. The summed E-state index contributed by atoms with van der Waals surface area (Å²) in [5, 5.41) is 0.239. The maximum absolute atomic E-state index is 13.4. The molecular formula is C27H19F6NO3. The van der Waals surface area contributed by atoms with Crippen molar-refractivity contribution in [3.05, 3.63) is 117 Å². The fourth-order valence-electron chi connectivity index (χ4n) is 3.86. The van der Waals surface area contributed by atoms with Crippen LogP contribution in [0.15, 0.2) is 82.2 Å². The predicted molar refractivity (Wildman–Crippen MR) is 124 cm³/mol. The zero-order valence-electron chi connectivity index (χ0n) is 19.3. The molecule has 1 aromatic heterocycles. The fraction of sp³-hybridized carbons (Fsp3) is 0.185. The largest absolute Gasteiger partial charge is 0.464 e. The maximum atomic E-state index is 13.4. The molecule has 4 aromatic rings. The van der Waals surface area contributed by atoms with Crippen molar-refractivity contribution in [1.29, 1.82) is 0 Å². The van der Waals surface area contributed by atoms with Crippen LogP contribution in [-0.2, 0) is 25.4 Å². The molecule has 0 bridgehead atoms. The van der Waals surface area contributed by atoms with E-state index in [1.54, 1.807) is 55.5 Å². The molecule has 1 heterocycles. The summed E-state index contributed by atoms with van der Waals surface area (Å²) in [5.41, 5.74) is -2.83. The van der Waals surface area contributed by atoms with Gasteiger partial charge >= 0.3 is 12.4 Å². The van der Waals surface area contributed by atoms with Gasteiger partial charge in [0.2, 0.25) is 0 Å². The molecule has 0 fully saturated rings. The van der Waals surface area contributed by atoms with E-state index in [2.05, 4.69) is 0 Å². The molecule has 0 N–H and O–H groups in total. The molecular weight excluding hydrogens is 500 g/mol. The number of halogens is 6. The summed E-state index contributed by atoms with van der Waals surface area (Å²) in [5.74, 6) is -1.11. The quantitative estimate of drug-likeness (QED) is 0.267. The number of amides is 1. The number of alkyl halides is 6. The van der Waals surface area contributed by atoms with E-state index in [9.17, 15) is 35.9 Å². The standard InChI is InChI=1S/C27H19F6NO3/c1-16-7-8-23-22(9-16)24(35)19(15-37-23)14-34(13-17-5-3-2-4-6-17)25(36)18-10-20(26(28,29)30)12-21(11-18)27(31,32)33/h2-12,15H,13-14H2,1H3. The van der Waals surface area contributed by atoms with Crippen molar-refractivity contribution in [3.8, 4) is 0 Å². The summed E-state index contributed by atoms with van der Waals surface area (Å²) >= 11 is 0. The fourth-order valence-corrected chi connectivity index (χ4v) is 3.86. The lowest BCUT2D eigenvalue weighted by molar-refractivity contribution is -0.143. The van der Waals surface area contributed by atoms with E-state index in [-0.39, 0.29) is 23.6 Å². The van der Waals surface area contributed by atoms with E-state index in [1.165, 1.54) is 0 Å². The van der Waals surface area contributed by atoms with Crippen LogP contribution in [0, 0.1) is 6.92 Å². The Morgan fingerprint density at radius 3 is 2.05 bits per heavy atom. The van der Waals surface area contributed by atoms with Gasteiger partial charge in [0.25, 0.3) is 5.91 Å². The van der Waals surface area contributed by atoms with E-state index < -0.39 is 46.9 Å². The number of benzene rings is 3. The molecule has 0 saturated carbocycles. The molecule has 0 unspecified atom stereocenters. The van der Waals surface area contributed by atoms with Crippen LogP contribution in [0.5, 0.6) is 0 Å². The highest BCUT2D eigenvalue weighted by Gasteiger charge is 2.38. The molecule has 4 rings (SSSR count). The van der Waals surface area contributed by atoms with Crippen molar-refractivity contribution in [2.75, 3.05) is 0 Å². The Morgan fingerprint density at radius 2 is 1.46 bits per heavy atom. The lowest BCUT2D eigenvalue weighted by Crippen LogP contribution is -2.32. The average Bonchev–Trinajstić information content (AvgIpc) is 2.84. The van der Waals surface area contributed by atoms with Crippen molar-refractivity contribution in [3.63, 3.8) is 0 Å². The predicted octanol–water partition coefficient (Wildman–Crippen LogP) is 6.98. The van der Waals surface area contributed by atoms with Crippen LogP contribution < -0.4 is 5.43 Å². The molecule has 0 saturated heterocycles. The normalized spacial score (nSPS) is 12.1. The van der Waals surface area contributed by atoms with E-state index >= 15 is 0 Å². The molecule has 0 aliphatic rings. The van der Waals surface area contributed by atoms with Crippen LogP contribution in [0.4, 0.5) is 26.3 Å². The first-order valence-corrected chi connectivity index (χ1v) is 11.0. The van der Waals surface area contributed by atoms with Gasteiger partial charge in [-0.1, -0.05) is 42.0 Å². The Morgan fingerprint density at radius 1 is 0.838 bits per heavy atom. The summed E-state index contributed by atoms with van der Waals surface area (Å²) in [4.78, 5) is 27.5. The minimum absolute atomic E-state index is 0.0189. The van der Waals surface area contributed by atoms with Gasteiger partial charge in [0.15, 0.2) is 5.43 Å². The van der Waals surface area contributed by atoms with Crippen LogP contribution >= 0.6 is 0 Å². The van der Waals surface area contributed by atoms with Gasteiger partial charge in [-0.15, -0.1) is 0 Å². The summed E-state index contributed by atoms with van der Waals surface area (Å²) in [7, 11) is 0. The second-order valence-electron chi connectivity index (χ2n) is 8.53. The first-order chi connectivity index (χ1) is 17.3. The van der Waals surface area contributed by atoms with Crippen molar-refractivity contribution in [2.24, 2.45) is 0 Å². The van der Waals surface area contributed by atoms with Gasteiger partial charge in [-0.05, 0) is 42.8 Å². The van der Waals surface area contributed by atoms with Gasteiger partial charge in [0.05, 0.1) is 34.9 Å². The number of aryl methyl sites for hydroxylation is 1. The third-order valence-electron chi connectivity index (χ3n) is 5.70. The molecule has 192 valence electrons. The van der Waals surface area contributed by atoms with Gasteiger partial charge in [-0.2, -0.15) is 26.3 Å². The maximum Gasteiger partial charge on any atom is 0.416 e. The Kier molecular flexibility index (Phi) is 6.86. The number of rotatable bonds is 5. The summed E-state index contributed by atoms with van der Waals surface area (Å²) in [6, 6.07) is 14.0. The Bertz CT molecular complexity index is 1470. The molecule has 4 nitrogen and oxygen atoms in total. The van der Waals surface area contributed by atoms with Gasteiger partial charge in [0.1, 0.15) is 5.58 Å². The number of fused-ring (bicyclic) bond motifs is 1. The van der Waals surface area contributed by atoms with Gasteiger partial charge in [-0.25, -0.2) is 0 Å². The summed E-state index contributed by atoms with van der Waals surface area (Å²) in [6.45, 7) is 1.18. The summed E-state index contributed by atoms with van der Waals surface area (Å²) < 4.78 is 85.8.